The molecule has 0 saturated heterocycles. The average Bonchev–Trinajstić information content (AvgIpc) is 2.60. The highest BCUT2D eigenvalue weighted by Gasteiger charge is 2.13. The molecule has 0 spiro atoms. The zero-order valence-electron chi connectivity index (χ0n) is 13.0. The molecule has 0 unspecified atom stereocenters. The Morgan fingerprint density at radius 3 is 2.36 bits per heavy atom. The van der Waals surface area contributed by atoms with Gasteiger partial charge in [0, 0.05) is 5.39 Å². The molecule has 0 fully saturated rings. The number of rotatable bonds is 0. The van der Waals surface area contributed by atoms with E-state index in [1.807, 2.05) is 12.1 Å². The van der Waals surface area contributed by atoms with Gasteiger partial charge in [-0.1, -0.05) is 12.1 Å². The molecule has 0 amide bonds. The van der Waals surface area contributed by atoms with Gasteiger partial charge in [0.15, 0.2) is 5.43 Å². The topological polar surface area (TPSA) is 70.7 Å². The number of hydrogen-bond acceptors (Lipinski definition) is 4. The van der Waals surface area contributed by atoms with Gasteiger partial charge >= 0.3 is 0 Å². The lowest BCUT2D eigenvalue weighted by atomic mass is 10.0. The molecule has 5 aromatic rings. The van der Waals surface area contributed by atoms with E-state index < -0.39 is 0 Å². The van der Waals surface area contributed by atoms with Crippen LogP contribution in [0, 0.1) is 0 Å². The van der Waals surface area contributed by atoms with Crippen LogP contribution in [0.3, 0.4) is 0 Å². The van der Waals surface area contributed by atoms with Crippen LogP contribution in [0.25, 0.3) is 43.5 Å². The zero-order valence-corrected chi connectivity index (χ0v) is 13.0. The summed E-state index contributed by atoms with van der Waals surface area (Å²) in [6.45, 7) is 0. The zero-order chi connectivity index (χ0) is 17.1. The van der Waals surface area contributed by atoms with Gasteiger partial charge in [0.25, 0.3) is 0 Å². The number of phenols is 1. The van der Waals surface area contributed by atoms with E-state index in [9.17, 15) is 15.0 Å². The molecule has 2 N–H and O–H groups in total. The van der Waals surface area contributed by atoms with Gasteiger partial charge in [-0.15, -0.1) is 0 Å². The Kier molecular flexibility index (Phi) is 2.63. The summed E-state index contributed by atoms with van der Waals surface area (Å²) in [5, 5.41) is 24.9. The summed E-state index contributed by atoms with van der Waals surface area (Å²) >= 11 is 0. The molecule has 4 nitrogen and oxygen atoms in total. The Morgan fingerprint density at radius 1 is 0.680 bits per heavy atom. The van der Waals surface area contributed by atoms with Crippen molar-refractivity contribution >= 4 is 43.5 Å². The van der Waals surface area contributed by atoms with E-state index in [2.05, 4.69) is 0 Å². The van der Waals surface area contributed by atoms with Crippen molar-refractivity contribution in [2.75, 3.05) is 0 Å². The molecule has 0 radical (unpaired) electrons. The van der Waals surface area contributed by atoms with Crippen molar-refractivity contribution in [3.63, 3.8) is 0 Å². The van der Waals surface area contributed by atoms with E-state index in [0.29, 0.717) is 21.9 Å². The third-order valence-corrected chi connectivity index (χ3v) is 4.59. The number of fused-ring (bicyclic) bond motifs is 5. The van der Waals surface area contributed by atoms with E-state index in [0.717, 1.165) is 21.5 Å². The first-order valence-corrected chi connectivity index (χ1v) is 7.85. The molecule has 1 aromatic heterocycles. The van der Waals surface area contributed by atoms with Crippen molar-refractivity contribution in [3.05, 3.63) is 70.9 Å². The lowest BCUT2D eigenvalue weighted by Gasteiger charge is -2.09. The van der Waals surface area contributed by atoms with Crippen LogP contribution >= 0.6 is 0 Å². The second-order valence-electron chi connectivity index (χ2n) is 6.16. The quantitative estimate of drug-likeness (QED) is 0.320. The third-order valence-electron chi connectivity index (χ3n) is 4.59. The van der Waals surface area contributed by atoms with Crippen LogP contribution in [0.2, 0.25) is 0 Å². The molecule has 0 aliphatic heterocycles. The summed E-state index contributed by atoms with van der Waals surface area (Å²) in [6.07, 6.45) is 0. The van der Waals surface area contributed by atoms with Gasteiger partial charge in [-0.25, -0.2) is 0 Å². The molecular weight excluding hydrogens is 316 g/mol. The molecular formula is C21H12O4. The monoisotopic (exact) mass is 328 g/mol. The van der Waals surface area contributed by atoms with E-state index >= 15 is 0 Å². The lowest BCUT2D eigenvalue weighted by Crippen LogP contribution is -1.94. The van der Waals surface area contributed by atoms with Crippen molar-refractivity contribution in [1.82, 2.24) is 0 Å². The molecule has 0 aliphatic carbocycles. The van der Waals surface area contributed by atoms with Gasteiger partial charge in [-0.3, -0.25) is 4.79 Å². The average molecular weight is 328 g/mol. The Balaban J connectivity index is 1.99. The van der Waals surface area contributed by atoms with Crippen LogP contribution in [0.15, 0.2) is 69.9 Å². The van der Waals surface area contributed by atoms with Crippen LogP contribution in [-0.4, -0.2) is 10.2 Å². The van der Waals surface area contributed by atoms with Crippen molar-refractivity contribution < 1.29 is 14.6 Å². The SMILES string of the molecule is O=c1ccc2cc3c(O)c4ccc5cc(O)ccc5c4oc3cc2c1. The summed E-state index contributed by atoms with van der Waals surface area (Å²) < 4.78 is 6.08. The minimum atomic E-state index is -0.0715. The standard InChI is InChI=1S/C21H12O4/c22-14-3-1-11-9-18-19(10-13(11)8-14)25-21-16-6-4-15(23)7-12(16)2-5-17(21)20(18)24/h1-10,23-24H. The Labute approximate surface area is 141 Å². The second-order valence-corrected chi connectivity index (χ2v) is 6.16. The fourth-order valence-corrected chi connectivity index (χ4v) is 3.36. The van der Waals surface area contributed by atoms with Crippen LogP contribution < -0.4 is 5.43 Å². The van der Waals surface area contributed by atoms with E-state index in [1.165, 1.54) is 6.07 Å². The van der Waals surface area contributed by atoms with Crippen molar-refractivity contribution in [2.24, 2.45) is 0 Å². The molecule has 0 bridgehead atoms. The fourth-order valence-electron chi connectivity index (χ4n) is 3.36. The van der Waals surface area contributed by atoms with Crippen molar-refractivity contribution in [3.8, 4) is 11.5 Å². The summed E-state index contributed by atoms with van der Waals surface area (Å²) in [6, 6.07) is 17.0. The molecule has 1 heterocycles. The van der Waals surface area contributed by atoms with Crippen molar-refractivity contribution in [1.29, 1.82) is 0 Å². The molecule has 0 saturated carbocycles. The molecule has 0 atom stereocenters. The largest absolute Gasteiger partial charge is 0.508 e. The first-order chi connectivity index (χ1) is 12.1. The van der Waals surface area contributed by atoms with Crippen LogP contribution in [0.1, 0.15) is 0 Å². The first kappa shape index (κ1) is 13.9. The summed E-state index contributed by atoms with van der Waals surface area (Å²) in [7, 11) is 0. The van der Waals surface area contributed by atoms with Gasteiger partial charge in [0.1, 0.15) is 22.7 Å². The van der Waals surface area contributed by atoms with Gasteiger partial charge in [0.05, 0.1) is 10.8 Å². The summed E-state index contributed by atoms with van der Waals surface area (Å²) in [5.74, 6) is 0.310. The Morgan fingerprint density at radius 2 is 1.48 bits per heavy atom. The molecule has 4 heteroatoms. The maximum atomic E-state index is 11.6. The van der Waals surface area contributed by atoms with E-state index in [-0.39, 0.29) is 16.9 Å². The van der Waals surface area contributed by atoms with E-state index in [4.69, 9.17) is 4.42 Å². The van der Waals surface area contributed by atoms with Gasteiger partial charge in [0.2, 0.25) is 0 Å². The highest BCUT2D eigenvalue weighted by atomic mass is 16.3. The summed E-state index contributed by atoms with van der Waals surface area (Å²) in [5.41, 5.74) is 0.974. The van der Waals surface area contributed by atoms with Crippen molar-refractivity contribution in [2.45, 2.75) is 0 Å². The molecule has 4 aromatic carbocycles. The van der Waals surface area contributed by atoms with Gasteiger partial charge in [-0.2, -0.15) is 0 Å². The predicted molar refractivity (Wildman–Crippen MR) is 98.3 cm³/mol. The number of phenolic OH excluding ortho intramolecular Hbond substituents is 1. The maximum absolute atomic E-state index is 11.6. The summed E-state index contributed by atoms with van der Waals surface area (Å²) in [4.78, 5) is 11.6. The van der Waals surface area contributed by atoms with Crippen LogP contribution in [0.5, 0.6) is 11.5 Å². The molecule has 120 valence electrons. The highest BCUT2D eigenvalue weighted by Crippen LogP contribution is 2.39. The van der Waals surface area contributed by atoms with E-state index in [1.54, 1.807) is 42.5 Å². The van der Waals surface area contributed by atoms with Crippen LogP contribution in [-0.2, 0) is 0 Å². The predicted octanol–water partition coefficient (Wildman–Crippen LogP) is 4.66. The lowest BCUT2D eigenvalue weighted by molar-refractivity contribution is 0.476. The molecule has 25 heavy (non-hydrogen) atoms. The Hall–Kier alpha value is -3.53. The van der Waals surface area contributed by atoms with Gasteiger partial charge < -0.3 is 14.6 Å². The molecule has 5 rings (SSSR count). The maximum Gasteiger partial charge on any atom is 0.179 e. The molecule has 0 aliphatic rings. The first-order valence-electron chi connectivity index (χ1n) is 7.85. The number of hydrogen-bond donors (Lipinski definition) is 2. The third kappa shape index (κ3) is 1.97. The fraction of sp³-hybridized carbons (Fsp3) is 0. The normalized spacial score (nSPS) is 11.7. The Bertz CT molecular complexity index is 1380. The number of benzene rings is 4. The smallest absolute Gasteiger partial charge is 0.179 e. The second kappa shape index (κ2) is 4.74. The van der Waals surface area contributed by atoms with Crippen LogP contribution in [0.4, 0.5) is 0 Å². The minimum Gasteiger partial charge on any atom is -0.508 e. The minimum absolute atomic E-state index is 0.0715. The number of aromatic hydroxyl groups is 2. The van der Waals surface area contributed by atoms with Gasteiger partial charge in [-0.05, 0) is 64.7 Å². The highest BCUT2D eigenvalue weighted by molar-refractivity contribution is 6.12.